The molecule has 0 aromatic heterocycles. The van der Waals surface area contributed by atoms with Crippen LogP contribution in [0.15, 0.2) is 60.7 Å². The summed E-state index contributed by atoms with van der Waals surface area (Å²) in [6.07, 6.45) is 2.31. The van der Waals surface area contributed by atoms with E-state index < -0.39 is 0 Å². The van der Waals surface area contributed by atoms with E-state index in [1.54, 1.807) is 0 Å². The molecule has 3 nitrogen and oxygen atoms in total. The molecule has 0 fully saturated rings. The van der Waals surface area contributed by atoms with E-state index in [1.165, 1.54) is 5.56 Å². The van der Waals surface area contributed by atoms with Crippen LogP contribution in [0.4, 0.5) is 0 Å². The first-order chi connectivity index (χ1) is 10.8. The van der Waals surface area contributed by atoms with Crippen molar-refractivity contribution in [2.24, 2.45) is 11.7 Å². The second-order valence-corrected chi connectivity index (χ2v) is 5.47. The summed E-state index contributed by atoms with van der Waals surface area (Å²) in [6.45, 7) is 1.26. The smallest absolute Gasteiger partial charge is 0.220 e. The third-order valence-electron chi connectivity index (χ3n) is 3.68. The van der Waals surface area contributed by atoms with Gasteiger partial charge in [-0.15, -0.1) is 0 Å². The van der Waals surface area contributed by atoms with Gasteiger partial charge >= 0.3 is 0 Å². The second kappa shape index (κ2) is 9.00. The van der Waals surface area contributed by atoms with Gasteiger partial charge in [-0.2, -0.15) is 0 Å². The molecule has 1 atom stereocenters. The van der Waals surface area contributed by atoms with Gasteiger partial charge < -0.3 is 10.5 Å². The third-order valence-corrected chi connectivity index (χ3v) is 3.68. The quantitative estimate of drug-likeness (QED) is 0.722. The Hall–Kier alpha value is -2.13. The fourth-order valence-corrected chi connectivity index (χ4v) is 2.44. The molecule has 0 aliphatic carbocycles. The lowest BCUT2D eigenvalue weighted by molar-refractivity contribution is -0.122. The van der Waals surface area contributed by atoms with E-state index >= 15 is 0 Å². The van der Waals surface area contributed by atoms with E-state index in [0.29, 0.717) is 19.6 Å². The van der Waals surface area contributed by atoms with Crippen LogP contribution in [0.1, 0.15) is 24.0 Å². The van der Waals surface area contributed by atoms with Gasteiger partial charge in [-0.3, -0.25) is 4.79 Å². The third kappa shape index (κ3) is 5.70. The number of amides is 1. The maximum absolute atomic E-state index is 11.6. The average Bonchev–Trinajstić information content (AvgIpc) is 2.55. The molecule has 2 aromatic rings. The van der Waals surface area contributed by atoms with Crippen molar-refractivity contribution in [3.63, 3.8) is 0 Å². The van der Waals surface area contributed by atoms with Crippen LogP contribution >= 0.6 is 0 Å². The van der Waals surface area contributed by atoms with Crippen LogP contribution in [-0.2, 0) is 22.6 Å². The summed E-state index contributed by atoms with van der Waals surface area (Å²) < 4.78 is 5.65. The molecule has 22 heavy (non-hydrogen) atoms. The molecule has 0 aliphatic heterocycles. The summed E-state index contributed by atoms with van der Waals surface area (Å²) in [5.74, 6) is -0.352. The van der Waals surface area contributed by atoms with Gasteiger partial charge in [-0.1, -0.05) is 60.7 Å². The molecule has 0 saturated carbocycles. The largest absolute Gasteiger partial charge is 0.377 e. The van der Waals surface area contributed by atoms with Crippen LogP contribution in [0.3, 0.4) is 0 Å². The van der Waals surface area contributed by atoms with Crippen LogP contribution in [0, 0.1) is 5.92 Å². The topological polar surface area (TPSA) is 52.3 Å². The van der Waals surface area contributed by atoms with E-state index in [2.05, 4.69) is 0 Å². The highest BCUT2D eigenvalue weighted by atomic mass is 16.5. The number of hydrogen-bond donors (Lipinski definition) is 1. The molecule has 0 aliphatic rings. The van der Waals surface area contributed by atoms with Crippen LogP contribution in [0.5, 0.6) is 0 Å². The number of primary amides is 1. The Balaban J connectivity index is 1.70. The monoisotopic (exact) mass is 297 g/mol. The minimum absolute atomic E-state index is 0.122. The first-order valence-corrected chi connectivity index (χ1v) is 7.70. The zero-order valence-corrected chi connectivity index (χ0v) is 12.8. The van der Waals surface area contributed by atoms with Crippen molar-refractivity contribution in [2.75, 3.05) is 6.61 Å². The van der Waals surface area contributed by atoms with Crippen LogP contribution < -0.4 is 5.73 Å². The average molecular weight is 297 g/mol. The highest BCUT2D eigenvalue weighted by Crippen LogP contribution is 2.14. The lowest BCUT2D eigenvalue weighted by Gasteiger charge is -2.13. The zero-order valence-electron chi connectivity index (χ0n) is 12.8. The van der Waals surface area contributed by atoms with Crippen LogP contribution in [0.2, 0.25) is 0 Å². The summed E-state index contributed by atoms with van der Waals surface area (Å²) >= 11 is 0. The fourth-order valence-electron chi connectivity index (χ4n) is 2.44. The van der Waals surface area contributed by atoms with Crippen molar-refractivity contribution >= 4 is 5.91 Å². The fraction of sp³-hybridized carbons (Fsp3) is 0.316. The van der Waals surface area contributed by atoms with Crippen LogP contribution in [-0.4, -0.2) is 12.5 Å². The standard InChI is InChI=1S/C19H23NO2/c20-19(21)18(14-16-8-3-1-4-9-16)12-7-13-22-15-17-10-5-2-6-11-17/h1-6,8-11,18H,7,12-15H2,(H2,20,21). The molecular formula is C19H23NO2. The Morgan fingerprint density at radius 1 is 0.955 bits per heavy atom. The number of benzene rings is 2. The minimum atomic E-state index is -0.230. The number of nitrogens with two attached hydrogens (primary N) is 1. The van der Waals surface area contributed by atoms with Gasteiger partial charge in [-0.05, 0) is 30.4 Å². The van der Waals surface area contributed by atoms with Crippen molar-refractivity contribution in [3.05, 3.63) is 71.8 Å². The summed E-state index contributed by atoms with van der Waals surface area (Å²) in [6, 6.07) is 20.1. The Morgan fingerprint density at radius 3 is 2.14 bits per heavy atom. The molecule has 2 aromatic carbocycles. The Kier molecular flexibility index (Phi) is 6.65. The summed E-state index contributed by atoms with van der Waals surface area (Å²) in [4.78, 5) is 11.6. The van der Waals surface area contributed by atoms with Gasteiger partial charge in [0.2, 0.25) is 5.91 Å². The highest BCUT2D eigenvalue weighted by Gasteiger charge is 2.15. The van der Waals surface area contributed by atoms with Gasteiger partial charge in [0.15, 0.2) is 0 Å². The van der Waals surface area contributed by atoms with E-state index in [4.69, 9.17) is 10.5 Å². The van der Waals surface area contributed by atoms with E-state index in [9.17, 15) is 4.79 Å². The van der Waals surface area contributed by atoms with Gasteiger partial charge in [0.05, 0.1) is 6.61 Å². The predicted molar refractivity (Wildman–Crippen MR) is 88.2 cm³/mol. The molecule has 0 saturated heterocycles. The summed E-state index contributed by atoms with van der Waals surface area (Å²) in [5.41, 5.74) is 7.83. The lowest BCUT2D eigenvalue weighted by atomic mass is 9.94. The molecule has 1 unspecified atom stereocenters. The first kappa shape index (κ1) is 16.2. The van der Waals surface area contributed by atoms with Crippen molar-refractivity contribution in [2.45, 2.75) is 25.9 Å². The number of rotatable bonds is 9. The predicted octanol–water partition coefficient (Wildman–Crippen LogP) is 3.33. The normalized spacial score (nSPS) is 12.0. The number of ether oxygens (including phenoxy) is 1. The molecule has 3 heteroatoms. The first-order valence-electron chi connectivity index (χ1n) is 7.70. The Morgan fingerprint density at radius 2 is 1.55 bits per heavy atom. The SMILES string of the molecule is NC(=O)C(CCCOCc1ccccc1)Cc1ccccc1. The second-order valence-electron chi connectivity index (χ2n) is 5.47. The van der Waals surface area contributed by atoms with E-state index in [1.807, 2.05) is 60.7 Å². The summed E-state index contributed by atoms with van der Waals surface area (Å²) in [5, 5.41) is 0. The summed E-state index contributed by atoms with van der Waals surface area (Å²) in [7, 11) is 0. The molecule has 116 valence electrons. The van der Waals surface area contributed by atoms with Gasteiger partial charge in [0, 0.05) is 12.5 Å². The molecule has 2 rings (SSSR count). The molecule has 0 spiro atoms. The zero-order chi connectivity index (χ0) is 15.6. The van der Waals surface area contributed by atoms with Crippen molar-refractivity contribution in [1.82, 2.24) is 0 Å². The van der Waals surface area contributed by atoms with Crippen molar-refractivity contribution < 1.29 is 9.53 Å². The molecular weight excluding hydrogens is 274 g/mol. The van der Waals surface area contributed by atoms with E-state index in [-0.39, 0.29) is 11.8 Å². The lowest BCUT2D eigenvalue weighted by Crippen LogP contribution is -2.25. The maximum atomic E-state index is 11.6. The molecule has 1 amide bonds. The minimum Gasteiger partial charge on any atom is -0.377 e. The van der Waals surface area contributed by atoms with Crippen LogP contribution in [0.25, 0.3) is 0 Å². The van der Waals surface area contributed by atoms with Crippen molar-refractivity contribution in [3.8, 4) is 0 Å². The van der Waals surface area contributed by atoms with Gasteiger partial charge in [-0.25, -0.2) is 0 Å². The number of hydrogen-bond acceptors (Lipinski definition) is 2. The molecule has 0 bridgehead atoms. The Labute approximate surface area is 132 Å². The molecule has 0 radical (unpaired) electrons. The Bertz CT molecular complexity index is 554. The van der Waals surface area contributed by atoms with E-state index in [0.717, 1.165) is 18.4 Å². The van der Waals surface area contributed by atoms with Gasteiger partial charge in [0.1, 0.15) is 0 Å². The highest BCUT2D eigenvalue weighted by molar-refractivity contribution is 5.76. The number of carbonyl (C=O) groups excluding carboxylic acids is 1. The number of carbonyl (C=O) groups is 1. The molecule has 2 N–H and O–H groups in total. The maximum Gasteiger partial charge on any atom is 0.220 e. The van der Waals surface area contributed by atoms with Crippen molar-refractivity contribution in [1.29, 1.82) is 0 Å². The van der Waals surface area contributed by atoms with Gasteiger partial charge in [0.25, 0.3) is 0 Å². The molecule has 0 heterocycles.